The minimum absolute atomic E-state index is 0.0648. The average molecular weight is 444 g/mol. The molecule has 3 N–H and O–H groups in total. The Bertz CT molecular complexity index is 1080. The second-order valence-electron chi connectivity index (χ2n) is 8.55. The Labute approximate surface area is 183 Å². The number of sulfone groups is 1. The zero-order valence-corrected chi connectivity index (χ0v) is 18.7. The quantitative estimate of drug-likeness (QED) is 0.666. The monoisotopic (exact) mass is 443 g/mol. The van der Waals surface area contributed by atoms with Gasteiger partial charge >= 0.3 is 0 Å². The van der Waals surface area contributed by atoms with Gasteiger partial charge in [0, 0.05) is 24.9 Å². The van der Waals surface area contributed by atoms with E-state index < -0.39 is 15.5 Å². The number of fused-ring (bicyclic) bond motifs is 2. The van der Waals surface area contributed by atoms with Crippen molar-refractivity contribution in [1.82, 2.24) is 10.2 Å². The third-order valence-corrected chi connectivity index (χ3v) is 7.68. The Balaban J connectivity index is 1.66. The van der Waals surface area contributed by atoms with Gasteiger partial charge in [-0.05, 0) is 43.7 Å². The van der Waals surface area contributed by atoms with Crippen LogP contribution in [0, 0.1) is 0 Å². The second-order valence-corrected chi connectivity index (χ2v) is 10.5. The topological polar surface area (TPSA) is 102 Å². The van der Waals surface area contributed by atoms with Gasteiger partial charge in [-0.1, -0.05) is 30.3 Å². The van der Waals surface area contributed by atoms with Crippen molar-refractivity contribution in [2.45, 2.75) is 55.2 Å². The first-order chi connectivity index (χ1) is 14.7. The molecule has 2 aliphatic rings. The summed E-state index contributed by atoms with van der Waals surface area (Å²) in [6.07, 6.45) is 6.00. The van der Waals surface area contributed by atoms with Crippen LogP contribution in [0.5, 0.6) is 5.75 Å². The fraction of sp³-hybridized carbons (Fsp3) is 0.435. The molecule has 7 nitrogen and oxygen atoms in total. The van der Waals surface area contributed by atoms with Crippen molar-refractivity contribution in [1.29, 1.82) is 0 Å². The molecule has 0 spiro atoms. The van der Waals surface area contributed by atoms with Crippen LogP contribution in [-0.4, -0.2) is 44.3 Å². The first kappa shape index (κ1) is 21.6. The number of nitrogens with one attached hydrogen (secondary N) is 1. The van der Waals surface area contributed by atoms with Gasteiger partial charge in [-0.25, -0.2) is 8.42 Å². The van der Waals surface area contributed by atoms with Crippen molar-refractivity contribution in [2.24, 2.45) is 0 Å². The fourth-order valence-corrected chi connectivity index (χ4v) is 5.85. The summed E-state index contributed by atoms with van der Waals surface area (Å²) in [5.41, 5.74) is 6.91. The number of piperidine rings is 1. The molecule has 0 aliphatic carbocycles. The number of ether oxygens (including phenoxy) is 1. The van der Waals surface area contributed by atoms with E-state index in [0.717, 1.165) is 44.9 Å². The van der Waals surface area contributed by atoms with Crippen molar-refractivity contribution >= 4 is 21.4 Å². The van der Waals surface area contributed by atoms with Gasteiger partial charge in [0.1, 0.15) is 5.75 Å². The Morgan fingerprint density at radius 3 is 2.65 bits per heavy atom. The molecule has 2 atom stereocenters. The normalized spacial score (nSPS) is 23.5. The minimum atomic E-state index is -3.58. The number of benzene rings is 2. The van der Waals surface area contributed by atoms with Gasteiger partial charge in [-0.3, -0.25) is 9.69 Å². The van der Waals surface area contributed by atoms with Crippen molar-refractivity contribution in [3.8, 4) is 5.75 Å². The maximum Gasteiger partial charge on any atom is 0.256 e. The molecule has 2 fully saturated rings. The molecule has 2 unspecified atom stereocenters. The van der Waals surface area contributed by atoms with E-state index in [1.807, 2.05) is 18.2 Å². The maximum absolute atomic E-state index is 13.4. The van der Waals surface area contributed by atoms with E-state index in [0.29, 0.717) is 6.04 Å². The van der Waals surface area contributed by atoms with E-state index in [2.05, 4.69) is 22.3 Å². The van der Waals surface area contributed by atoms with Gasteiger partial charge in [0.2, 0.25) is 0 Å². The summed E-state index contributed by atoms with van der Waals surface area (Å²) in [6.45, 7) is 0.763. The van der Waals surface area contributed by atoms with Gasteiger partial charge in [-0.15, -0.1) is 0 Å². The predicted octanol–water partition coefficient (Wildman–Crippen LogP) is 2.96. The smallest absolute Gasteiger partial charge is 0.256 e. The lowest BCUT2D eigenvalue weighted by atomic mass is 9.95. The van der Waals surface area contributed by atoms with E-state index in [1.165, 1.54) is 24.8 Å². The molecule has 2 aromatic rings. The Kier molecular flexibility index (Phi) is 5.70. The number of nitrogen functional groups attached to an aromatic ring is 1. The summed E-state index contributed by atoms with van der Waals surface area (Å²) in [4.78, 5) is 15.8. The van der Waals surface area contributed by atoms with Crippen molar-refractivity contribution < 1.29 is 17.9 Å². The third kappa shape index (κ3) is 4.14. The number of carbonyl (C=O) groups excluding carboxylic acids is 1. The van der Waals surface area contributed by atoms with E-state index in [9.17, 15) is 13.2 Å². The minimum Gasteiger partial charge on any atom is -0.496 e. The van der Waals surface area contributed by atoms with E-state index in [1.54, 1.807) is 0 Å². The highest BCUT2D eigenvalue weighted by molar-refractivity contribution is 7.90. The summed E-state index contributed by atoms with van der Waals surface area (Å²) in [7, 11) is -2.14. The van der Waals surface area contributed by atoms with Crippen LogP contribution < -0.4 is 15.8 Å². The molecule has 2 aromatic carbocycles. The first-order valence-electron chi connectivity index (χ1n) is 10.5. The highest BCUT2D eigenvalue weighted by Crippen LogP contribution is 2.43. The third-order valence-electron chi connectivity index (χ3n) is 6.53. The SMILES string of the molecule is COc1cc(N)c(S(C)(=O)=O)cc1C(=O)NC12CCCC(CC1)N2Cc1ccccc1. The number of nitrogens with two attached hydrogens (primary N) is 1. The summed E-state index contributed by atoms with van der Waals surface area (Å²) in [5, 5.41) is 3.25. The van der Waals surface area contributed by atoms with Crippen LogP contribution >= 0.6 is 0 Å². The van der Waals surface area contributed by atoms with E-state index in [4.69, 9.17) is 10.5 Å². The highest BCUT2D eigenvalue weighted by Gasteiger charge is 2.49. The molecule has 0 aromatic heterocycles. The van der Waals surface area contributed by atoms with Gasteiger partial charge in [-0.2, -0.15) is 0 Å². The number of methoxy groups -OCH3 is 1. The standard InChI is InChI=1S/C23H29N3O4S/c1-30-20-14-19(24)21(31(2,28)29)13-18(20)22(27)25-23-11-6-9-17(10-12-23)26(23)15-16-7-4-3-5-8-16/h3-5,7-8,13-14,17H,6,9-12,15,24H2,1-2H3,(H,25,27). The number of hydrogen-bond acceptors (Lipinski definition) is 6. The Morgan fingerprint density at radius 2 is 1.97 bits per heavy atom. The Hall–Kier alpha value is -2.58. The largest absolute Gasteiger partial charge is 0.496 e. The average Bonchev–Trinajstić information content (AvgIpc) is 2.91. The van der Waals surface area contributed by atoms with Gasteiger partial charge in [0.05, 0.1) is 28.9 Å². The van der Waals surface area contributed by atoms with Crippen LogP contribution in [0.2, 0.25) is 0 Å². The number of rotatable bonds is 6. The van der Waals surface area contributed by atoms with Crippen LogP contribution in [0.15, 0.2) is 47.4 Å². The van der Waals surface area contributed by atoms with Crippen LogP contribution in [-0.2, 0) is 16.4 Å². The maximum atomic E-state index is 13.4. The molecule has 2 bridgehead atoms. The molecule has 0 saturated carbocycles. The molecule has 1 amide bonds. The first-order valence-corrected chi connectivity index (χ1v) is 12.4. The molecular formula is C23H29N3O4S. The fourth-order valence-electron chi connectivity index (χ4n) is 5.03. The lowest BCUT2D eigenvalue weighted by Gasteiger charge is -2.45. The molecule has 4 rings (SSSR count). The summed E-state index contributed by atoms with van der Waals surface area (Å²) >= 11 is 0. The summed E-state index contributed by atoms with van der Waals surface area (Å²) in [5.74, 6) is -0.0823. The van der Waals surface area contributed by atoms with Crippen molar-refractivity contribution in [3.63, 3.8) is 0 Å². The number of nitrogens with zero attached hydrogens (tertiary/aromatic N) is 1. The number of hydrogen-bond donors (Lipinski definition) is 2. The van der Waals surface area contributed by atoms with Crippen LogP contribution in [0.4, 0.5) is 5.69 Å². The van der Waals surface area contributed by atoms with Crippen molar-refractivity contribution in [2.75, 3.05) is 19.1 Å². The summed E-state index contributed by atoms with van der Waals surface area (Å²) in [6, 6.07) is 13.4. The molecule has 31 heavy (non-hydrogen) atoms. The number of anilines is 1. The molecule has 2 heterocycles. The Morgan fingerprint density at radius 1 is 1.23 bits per heavy atom. The lowest BCUT2D eigenvalue weighted by Crippen LogP contribution is -2.60. The van der Waals surface area contributed by atoms with E-state index >= 15 is 0 Å². The summed E-state index contributed by atoms with van der Waals surface area (Å²) < 4.78 is 29.6. The number of carbonyl (C=O) groups is 1. The van der Waals surface area contributed by atoms with Crippen LogP contribution in [0.1, 0.15) is 48.0 Å². The van der Waals surface area contributed by atoms with Crippen molar-refractivity contribution in [3.05, 3.63) is 53.6 Å². The van der Waals surface area contributed by atoms with Gasteiger partial charge < -0.3 is 15.8 Å². The highest BCUT2D eigenvalue weighted by atomic mass is 32.2. The predicted molar refractivity (Wildman–Crippen MR) is 120 cm³/mol. The number of amides is 1. The molecule has 8 heteroatoms. The van der Waals surface area contributed by atoms with E-state index in [-0.39, 0.29) is 27.8 Å². The van der Waals surface area contributed by atoms with Crippen LogP contribution in [0.3, 0.4) is 0 Å². The zero-order valence-electron chi connectivity index (χ0n) is 17.9. The molecule has 2 aliphatic heterocycles. The van der Waals surface area contributed by atoms with Gasteiger partial charge in [0.15, 0.2) is 9.84 Å². The lowest BCUT2D eigenvalue weighted by molar-refractivity contribution is 0.0184. The molecule has 166 valence electrons. The zero-order chi connectivity index (χ0) is 22.2. The molecule has 0 radical (unpaired) electrons. The van der Waals surface area contributed by atoms with Gasteiger partial charge in [0.25, 0.3) is 5.91 Å². The van der Waals surface area contributed by atoms with Crippen LogP contribution in [0.25, 0.3) is 0 Å². The molecular weight excluding hydrogens is 414 g/mol. The second kappa shape index (κ2) is 8.16. The molecule has 2 saturated heterocycles.